The molecule has 0 atom stereocenters. The minimum absolute atomic E-state index is 0.0319. The molecule has 0 bridgehead atoms. The van der Waals surface area contributed by atoms with Gasteiger partial charge in [0.05, 0.1) is 24.7 Å². The fourth-order valence-electron chi connectivity index (χ4n) is 2.66. The van der Waals surface area contributed by atoms with Crippen molar-refractivity contribution in [2.45, 2.75) is 27.5 Å². The first-order valence-corrected chi connectivity index (χ1v) is 11.2. The van der Waals surface area contributed by atoms with Crippen LogP contribution in [0.25, 0.3) is 0 Å². The molecule has 1 fully saturated rings. The highest BCUT2D eigenvalue weighted by atomic mass is 35.5. The van der Waals surface area contributed by atoms with E-state index in [1.54, 1.807) is 0 Å². The number of rotatable bonds is 4. The summed E-state index contributed by atoms with van der Waals surface area (Å²) in [6, 6.07) is 9.36. The van der Waals surface area contributed by atoms with Gasteiger partial charge in [0.1, 0.15) is 0 Å². The first kappa shape index (κ1) is 18.7. The van der Waals surface area contributed by atoms with Crippen LogP contribution in [0.15, 0.2) is 57.2 Å². The van der Waals surface area contributed by atoms with Crippen molar-refractivity contribution in [2.75, 3.05) is 13.1 Å². The molecule has 0 spiro atoms. The third-order valence-corrected chi connectivity index (χ3v) is 8.40. The van der Waals surface area contributed by atoms with E-state index in [0.717, 1.165) is 12.8 Å². The van der Waals surface area contributed by atoms with E-state index in [2.05, 4.69) is 0 Å². The molecule has 0 aliphatic carbocycles. The molecule has 1 aliphatic rings. The lowest BCUT2D eigenvalue weighted by atomic mass is 10.4. The normalized spacial score (nSPS) is 16.2. The maximum atomic E-state index is 12.8. The highest BCUT2D eigenvalue weighted by molar-refractivity contribution is 7.91. The van der Waals surface area contributed by atoms with Crippen LogP contribution in [0.4, 0.5) is 0 Å². The van der Waals surface area contributed by atoms with Crippen LogP contribution in [0.3, 0.4) is 0 Å². The molecular formula is C16H15Cl2NO4S2. The standard InChI is InChI=1S/C16H15Cl2NO4S2/c17-15-7-6-13(11-16(15)18)24(20,21)12-4-3-5-14(10-12)25(22,23)19-8-1-2-9-19/h3-7,10-11H,1-2,8-9H2. The molecular weight excluding hydrogens is 405 g/mol. The third kappa shape index (κ3) is 3.57. The molecule has 134 valence electrons. The second-order valence-corrected chi connectivity index (χ2v) is 10.4. The van der Waals surface area contributed by atoms with Crippen LogP contribution < -0.4 is 0 Å². The van der Waals surface area contributed by atoms with Gasteiger partial charge in [0.2, 0.25) is 19.9 Å². The summed E-state index contributed by atoms with van der Waals surface area (Å²) in [4.78, 5) is -0.181. The highest BCUT2D eigenvalue weighted by Crippen LogP contribution is 2.30. The quantitative estimate of drug-likeness (QED) is 0.758. The van der Waals surface area contributed by atoms with Gasteiger partial charge in [-0.3, -0.25) is 0 Å². The lowest BCUT2D eigenvalue weighted by Crippen LogP contribution is -2.28. The van der Waals surface area contributed by atoms with Gasteiger partial charge >= 0.3 is 0 Å². The number of sulfone groups is 1. The number of hydrogen-bond acceptors (Lipinski definition) is 4. The zero-order chi connectivity index (χ0) is 18.2. The summed E-state index contributed by atoms with van der Waals surface area (Å²) in [5, 5.41) is 0.356. The second kappa shape index (κ2) is 6.89. The van der Waals surface area contributed by atoms with E-state index in [1.807, 2.05) is 0 Å². The molecule has 3 rings (SSSR count). The molecule has 2 aromatic rings. The zero-order valence-corrected chi connectivity index (χ0v) is 16.2. The van der Waals surface area contributed by atoms with Gasteiger partial charge in [0.15, 0.2) is 0 Å². The number of benzene rings is 2. The van der Waals surface area contributed by atoms with Gasteiger partial charge in [0, 0.05) is 13.1 Å². The third-order valence-electron chi connectivity index (χ3n) is 4.02. The molecule has 5 nitrogen and oxygen atoms in total. The molecule has 0 amide bonds. The second-order valence-electron chi connectivity index (χ2n) is 5.67. The molecule has 0 radical (unpaired) electrons. The van der Waals surface area contributed by atoms with Gasteiger partial charge in [-0.25, -0.2) is 16.8 Å². The van der Waals surface area contributed by atoms with Crippen LogP contribution in [0.5, 0.6) is 0 Å². The maximum Gasteiger partial charge on any atom is 0.243 e. The fraction of sp³-hybridized carbons (Fsp3) is 0.250. The van der Waals surface area contributed by atoms with E-state index in [0.29, 0.717) is 13.1 Å². The summed E-state index contributed by atoms with van der Waals surface area (Å²) in [5.41, 5.74) is 0. The molecule has 0 saturated carbocycles. The first-order valence-electron chi connectivity index (χ1n) is 7.53. The lowest BCUT2D eigenvalue weighted by molar-refractivity contribution is 0.477. The number of halogens is 2. The van der Waals surface area contributed by atoms with Crippen molar-refractivity contribution < 1.29 is 16.8 Å². The summed E-state index contributed by atoms with van der Waals surface area (Å²) >= 11 is 11.7. The average Bonchev–Trinajstić information content (AvgIpc) is 3.13. The number of nitrogens with zero attached hydrogens (tertiary/aromatic N) is 1. The van der Waals surface area contributed by atoms with Crippen molar-refractivity contribution in [1.82, 2.24) is 4.31 Å². The van der Waals surface area contributed by atoms with Crippen LogP contribution in [-0.2, 0) is 19.9 Å². The van der Waals surface area contributed by atoms with E-state index in [-0.39, 0.29) is 24.7 Å². The Morgan fingerprint density at radius 1 is 0.760 bits per heavy atom. The zero-order valence-electron chi connectivity index (χ0n) is 13.0. The van der Waals surface area contributed by atoms with Crippen LogP contribution >= 0.6 is 23.2 Å². The van der Waals surface area contributed by atoms with E-state index >= 15 is 0 Å². The Kier molecular flexibility index (Phi) is 5.14. The Labute approximate surface area is 157 Å². The smallest absolute Gasteiger partial charge is 0.219 e. The van der Waals surface area contributed by atoms with Crippen LogP contribution in [-0.4, -0.2) is 34.2 Å². The maximum absolute atomic E-state index is 12.8. The Morgan fingerprint density at radius 2 is 1.36 bits per heavy atom. The molecule has 1 aliphatic heterocycles. The van der Waals surface area contributed by atoms with Gasteiger partial charge in [-0.15, -0.1) is 0 Å². The Hall–Kier alpha value is -1.12. The number of sulfonamides is 1. The topological polar surface area (TPSA) is 71.5 Å². The minimum atomic E-state index is -3.91. The van der Waals surface area contributed by atoms with Crippen molar-refractivity contribution in [1.29, 1.82) is 0 Å². The molecule has 2 aromatic carbocycles. The summed E-state index contributed by atoms with van der Waals surface area (Å²) in [5.74, 6) is 0. The minimum Gasteiger partial charge on any atom is -0.219 e. The van der Waals surface area contributed by atoms with E-state index in [4.69, 9.17) is 23.2 Å². The summed E-state index contributed by atoms with van der Waals surface area (Å²) in [7, 11) is -7.61. The number of hydrogen-bond donors (Lipinski definition) is 0. The molecule has 0 aromatic heterocycles. The van der Waals surface area contributed by atoms with E-state index < -0.39 is 19.9 Å². The first-order chi connectivity index (χ1) is 11.7. The van der Waals surface area contributed by atoms with Crippen molar-refractivity contribution in [2.24, 2.45) is 0 Å². The van der Waals surface area contributed by atoms with Gasteiger partial charge in [0.25, 0.3) is 0 Å². The Bertz CT molecular complexity index is 1010. The highest BCUT2D eigenvalue weighted by Gasteiger charge is 2.28. The Morgan fingerprint density at radius 3 is 2.00 bits per heavy atom. The van der Waals surface area contributed by atoms with Crippen molar-refractivity contribution in [3.63, 3.8) is 0 Å². The molecule has 1 saturated heterocycles. The predicted octanol–water partition coefficient (Wildman–Crippen LogP) is 3.61. The molecule has 1 heterocycles. The molecule has 0 N–H and O–H groups in total. The van der Waals surface area contributed by atoms with Gasteiger partial charge in [-0.1, -0.05) is 29.3 Å². The lowest BCUT2D eigenvalue weighted by Gasteiger charge is -2.16. The molecule has 9 heteroatoms. The van der Waals surface area contributed by atoms with E-state index in [1.165, 1.54) is 46.8 Å². The van der Waals surface area contributed by atoms with Crippen LogP contribution in [0.1, 0.15) is 12.8 Å². The van der Waals surface area contributed by atoms with Gasteiger partial charge in [-0.05, 0) is 49.2 Å². The van der Waals surface area contributed by atoms with Crippen molar-refractivity contribution >= 4 is 43.1 Å². The molecule has 25 heavy (non-hydrogen) atoms. The Balaban J connectivity index is 2.05. The molecule has 0 unspecified atom stereocenters. The van der Waals surface area contributed by atoms with Crippen LogP contribution in [0, 0.1) is 0 Å². The predicted molar refractivity (Wildman–Crippen MR) is 96.3 cm³/mol. The SMILES string of the molecule is O=S(=O)(c1cccc(S(=O)(=O)N2CCCC2)c1)c1ccc(Cl)c(Cl)c1. The van der Waals surface area contributed by atoms with Crippen molar-refractivity contribution in [3.05, 3.63) is 52.5 Å². The van der Waals surface area contributed by atoms with Gasteiger partial charge in [-0.2, -0.15) is 4.31 Å². The van der Waals surface area contributed by atoms with Crippen LogP contribution in [0.2, 0.25) is 10.0 Å². The monoisotopic (exact) mass is 419 g/mol. The fourth-order valence-corrected chi connectivity index (χ4v) is 5.99. The summed E-state index contributed by atoms with van der Waals surface area (Å²) in [6.07, 6.45) is 1.61. The average molecular weight is 420 g/mol. The van der Waals surface area contributed by atoms with Gasteiger partial charge < -0.3 is 0 Å². The van der Waals surface area contributed by atoms with Crippen molar-refractivity contribution in [3.8, 4) is 0 Å². The van der Waals surface area contributed by atoms with E-state index in [9.17, 15) is 16.8 Å². The summed E-state index contributed by atoms with van der Waals surface area (Å²) in [6.45, 7) is 0.901. The summed E-state index contributed by atoms with van der Waals surface area (Å²) < 4.78 is 52.2. The largest absolute Gasteiger partial charge is 0.243 e.